The van der Waals surface area contributed by atoms with Crippen molar-refractivity contribution >= 4 is 53.9 Å². The van der Waals surface area contributed by atoms with Gasteiger partial charge in [-0.1, -0.05) is 12.1 Å². The number of para-hydroxylation sites is 1. The van der Waals surface area contributed by atoms with Gasteiger partial charge in [-0.2, -0.15) is 9.97 Å². The minimum absolute atomic E-state index is 0. The number of fused-ring (bicyclic) bond motifs is 1. The second kappa shape index (κ2) is 9.90. The lowest BCUT2D eigenvalue weighted by Crippen LogP contribution is -2.30. The number of nitrogens with one attached hydrogen (secondary N) is 1. The first-order valence-corrected chi connectivity index (χ1v) is 6.69. The molecule has 3 N–H and O–H groups in total. The molecule has 0 bridgehead atoms. The highest BCUT2D eigenvalue weighted by Crippen LogP contribution is 2.21. The van der Waals surface area contributed by atoms with Gasteiger partial charge in [-0.15, -0.1) is 37.2 Å². The van der Waals surface area contributed by atoms with Crippen LogP contribution in [-0.2, 0) is 0 Å². The third kappa shape index (κ3) is 5.02. The minimum atomic E-state index is 0. The Kier molecular flexibility index (Phi) is 9.44. The van der Waals surface area contributed by atoms with Crippen LogP contribution in [0.5, 0.6) is 6.01 Å². The quantitative estimate of drug-likeness (QED) is 0.872. The number of benzene rings is 1. The van der Waals surface area contributed by atoms with E-state index in [1.54, 1.807) is 0 Å². The molecule has 2 aromatic rings. The van der Waals surface area contributed by atoms with Gasteiger partial charge in [0.25, 0.3) is 0 Å². The van der Waals surface area contributed by atoms with E-state index in [-0.39, 0.29) is 37.2 Å². The molecular formula is C14H21Cl3N4O. The number of hydrogen-bond donors (Lipinski definition) is 2. The van der Waals surface area contributed by atoms with E-state index in [1.165, 1.54) is 0 Å². The van der Waals surface area contributed by atoms with Crippen molar-refractivity contribution in [2.24, 2.45) is 5.92 Å². The molecule has 8 heteroatoms. The summed E-state index contributed by atoms with van der Waals surface area (Å²) in [5.74, 6) is 1.06. The molecule has 0 atom stereocenters. The fraction of sp³-hybridized carbons (Fsp3) is 0.429. The van der Waals surface area contributed by atoms with Gasteiger partial charge < -0.3 is 15.8 Å². The molecule has 1 aromatic heterocycles. The third-order valence-corrected chi connectivity index (χ3v) is 3.52. The number of piperidine rings is 1. The summed E-state index contributed by atoms with van der Waals surface area (Å²) in [5.41, 5.74) is 6.75. The molecule has 22 heavy (non-hydrogen) atoms. The lowest BCUT2D eigenvalue weighted by atomic mass is 9.99. The van der Waals surface area contributed by atoms with Crippen molar-refractivity contribution in [2.45, 2.75) is 12.8 Å². The van der Waals surface area contributed by atoms with Crippen molar-refractivity contribution < 1.29 is 4.74 Å². The van der Waals surface area contributed by atoms with Gasteiger partial charge in [0.05, 0.1) is 12.1 Å². The third-order valence-electron chi connectivity index (χ3n) is 3.52. The van der Waals surface area contributed by atoms with Crippen molar-refractivity contribution in [3.63, 3.8) is 0 Å². The number of aromatic nitrogens is 2. The Bertz CT molecular complexity index is 579. The van der Waals surface area contributed by atoms with Crippen LogP contribution in [0, 0.1) is 5.92 Å². The van der Waals surface area contributed by atoms with E-state index in [0.29, 0.717) is 24.4 Å². The lowest BCUT2D eigenvalue weighted by Gasteiger charge is -2.22. The minimum Gasteiger partial charge on any atom is -0.463 e. The first-order valence-electron chi connectivity index (χ1n) is 6.69. The number of halogens is 3. The maximum atomic E-state index is 5.92. The van der Waals surface area contributed by atoms with Gasteiger partial charge in [-0.25, -0.2) is 0 Å². The Morgan fingerprint density at radius 2 is 1.77 bits per heavy atom. The SMILES string of the molecule is Cl.Cl.Cl.Nc1nc(OCC2CCNCC2)nc2ccccc12. The van der Waals surface area contributed by atoms with Gasteiger partial charge in [-0.05, 0) is 44.0 Å². The van der Waals surface area contributed by atoms with Gasteiger partial charge >= 0.3 is 6.01 Å². The largest absolute Gasteiger partial charge is 0.463 e. The average Bonchev–Trinajstić information content (AvgIpc) is 2.46. The molecule has 0 amide bonds. The molecule has 1 aliphatic heterocycles. The number of hydrogen-bond acceptors (Lipinski definition) is 5. The maximum absolute atomic E-state index is 5.92. The van der Waals surface area contributed by atoms with Gasteiger partial charge in [0.15, 0.2) is 0 Å². The van der Waals surface area contributed by atoms with Crippen molar-refractivity contribution in [1.82, 2.24) is 15.3 Å². The molecule has 5 nitrogen and oxygen atoms in total. The zero-order chi connectivity index (χ0) is 13.1. The standard InChI is InChI=1S/C14H18N4O.3ClH/c15-13-11-3-1-2-4-12(11)17-14(18-13)19-9-10-5-7-16-8-6-10;;;/h1-4,10,16H,5-9H2,(H2,15,17,18);3*1H. The van der Waals surface area contributed by atoms with E-state index in [1.807, 2.05) is 24.3 Å². The monoisotopic (exact) mass is 366 g/mol. The molecule has 1 saturated heterocycles. The van der Waals surface area contributed by atoms with E-state index in [4.69, 9.17) is 10.5 Å². The van der Waals surface area contributed by atoms with Crippen molar-refractivity contribution in [2.75, 3.05) is 25.4 Å². The summed E-state index contributed by atoms with van der Waals surface area (Å²) in [7, 11) is 0. The van der Waals surface area contributed by atoms with Gasteiger partial charge in [0, 0.05) is 5.39 Å². The number of nitrogen functional groups attached to an aromatic ring is 1. The Morgan fingerprint density at radius 3 is 2.50 bits per heavy atom. The van der Waals surface area contributed by atoms with E-state index < -0.39 is 0 Å². The summed E-state index contributed by atoms with van der Waals surface area (Å²) in [4.78, 5) is 8.61. The summed E-state index contributed by atoms with van der Waals surface area (Å²) in [6.07, 6.45) is 2.28. The molecule has 1 fully saturated rings. The van der Waals surface area contributed by atoms with Crippen molar-refractivity contribution in [1.29, 1.82) is 0 Å². The first-order chi connectivity index (χ1) is 9.33. The zero-order valence-electron chi connectivity index (χ0n) is 12.0. The number of ether oxygens (including phenoxy) is 1. The van der Waals surface area contributed by atoms with Crippen LogP contribution in [0.3, 0.4) is 0 Å². The molecule has 1 aliphatic rings. The summed E-state index contributed by atoms with van der Waals surface area (Å²) >= 11 is 0. The van der Waals surface area contributed by atoms with Crippen LogP contribution in [0.2, 0.25) is 0 Å². The molecule has 124 valence electrons. The van der Waals surface area contributed by atoms with Gasteiger partial charge in [0.1, 0.15) is 5.82 Å². The molecule has 0 saturated carbocycles. The van der Waals surface area contributed by atoms with Crippen LogP contribution in [0.15, 0.2) is 24.3 Å². The van der Waals surface area contributed by atoms with Crippen LogP contribution < -0.4 is 15.8 Å². The Labute approximate surface area is 148 Å². The van der Waals surface area contributed by atoms with Crippen molar-refractivity contribution in [3.05, 3.63) is 24.3 Å². The Morgan fingerprint density at radius 1 is 1.09 bits per heavy atom. The number of nitrogens with zero attached hydrogens (tertiary/aromatic N) is 2. The highest BCUT2D eigenvalue weighted by molar-refractivity contribution is 5.88. The predicted molar refractivity (Wildman–Crippen MR) is 96.8 cm³/mol. The number of rotatable bonds is 3. The van der Waals surface area contributed by atoms with Gasteiger partial charge in [0.2, 0.25) is 0 Å². The van der Waals surface area contributed by atoms with Crippen LogP contribution in [-0.4, -0.2) is 29.7 Å². The van der Waals surface area contributed by atoms with Crippen LogP contribution in [0.4, 0.5) is 5.82 Å². The summed E-state index contributed by atoms with van der Waals surface area (Å²) < 4.78 is 5.70. The predicted octanol–water partition coefficient (Wildman–Crippen LogP) is 2.86. The summed E-state index contributed by atoms with van der Waals surface area (Å²) in [6, 6.07) is 8.09. The fourth-order valence-corrected chi connectivity index (χ4v) is 2.38. The molecule has 0 radical (unpaired) electrons. The fourth-order valence-electron chi connectivity index (χ4n) is 2.38. The Hall–Kier alpha value is -1.01. The van der Waals surface area contributed by atoms with E-state index in [9.17, 15) is 0 Å². The molecule has 3 rings (SSSR count). The van der Waals surface area contributed by atoms with Gasteiger partial charge in [-0.3, -0.25) is 0 Å². The molecule has 2 heterocycles. The van der Waals surface area contributed by atoms with Crippen molar-refractivity contribution in [3.8, 4) is 6.01 Å². The van der Waals surface area contributed by atoms with Crippen LogP contribution in [0.1, 0.15) is 12.8 Å². The van der Waals surface area contributed by atoms with E-state index >= 15 is 0 Å². The first kappa shape index (κ1) is 21.0. The number of anilines is 1. The number of nitrogens with two attached hydrogens (primary N) is 1. The Balaban J connectivity index is 0.00000147. The summed E-state index contributed by atoms with van der Waals surface area (Å²) in [5, 5.41) is 4.21. The van der Waals surface area contributed by atoms with E-state index in [0.717, 1.165) is 36.8 Å². The maximum Gasteiger partial charge on any atom is 0.318 e. The molecule has 0 spiro atoms. The topological polar surface area (TPSA) is 73.1 Å². The highest BCUT2D eigenvalue weighted by Gasteiger charge is 2.14. The van der Waals surface area contributed by atoms with Crippen LogP contribution in [0.25, 0.3) is 10.9 Å². The highest BCUT2D eigenvalue weighted by atomic mass is 35.5. The second-order valence-electron chi connectivity index (χ2n) is 4.91. The average molecular weight is 368 g/mol. The van der Waals surface area contributed by atoms with Crippen LogP contribution >= 0.6 is 37.2 Å². The zero-order valence-corrected chi connectivity index (χ0v) is 14.5. The second-order valence-corrected chi connectivity index (χ2v) is 4.91. The smallest absolute Gasteiger partial charge is 0.318 e. The van der Waals surface area contributed by atoms with E-state index in [2.05, 4.69) is 15.3 Å². The molecule has 0 aliphatic carbocycles. The summed E-state index contributed by atoms with van der Waals surface area (Å²) in [6.45, 7) is 2.79. The lowest BCUT2D eigenvalue weighted by molar-refractivity contribution is 0.203. The molecule has 1 aromatic carbocycles. The molecular weight excluding hydrogens is 347 g/mol. The normalized spacial score (nSPS) is 14.4. The molecule has 0 unspecified atom stereocenters.